The molecule has 1 saturated heterocycles. The van der Waals surface area contributed by atoms with Gasteiger partial charge in [0, 0.05) is 37.1 Å². The van der Waals surface area contributed by atoms with Crippen LogP contribution in [0.4, 0.5) is 0 Å². The Balaban J connectivity index is 1.36. The van der Waals surface area contributed by atoms with Gasteiger partial charge in [-0.15, -0.1) is 0 Å². The van der Waals surface area contributed by atoms with E-state index in [2.05, 4.69) is 15.2 Å². The Labute approximate surface area is 173 Å². The summed E-state index contributed by atoms with van der Waals surface area (Å²) in [7, 11) is 0. The lowest BCUT2D eigenvalue weighted by Gasteiger charge is -2.34. The third-order valence-corrected chi connectivity index (χ3v) is 5.89. The van der Waals surface area contributed by atoms with Crippen molar-refractivity contribution in [1.29, 1.82) is 0 Å². The first-order chi connectivity index (χ1) is 14.1. The average Bonchev–Trinajstić information content (AvgIpc) is 3.19. The van der Waals surface area contributed by atoms with Crippen molar-refractivity contribution in [2.24, 2.45) is 5.92 Å². The Morgan fingerprint density at radius 2 is 2.00 bits per heavy atom. The van der Waals surface area contributed by atoms with Crippen LogP contribution in [0.5, 0.6) is 0 Å². The molecule has 6 heteroatoms. The zero-order chi connectivity index (χ0) is 20.6. The van der Waals surface area contributed by atoms with Gasteiger partial charge in [-0.3, -0.25) is 9.59 Å². The highest BCUT2D eigenvalue weighted by atomic mass is 16.2. The molecular formula is C23H34N4O2. The SMILES string of the molecule is CCN(CC)C(=O)C1CCCN(CCCCNC(=O)c2cc3ccccc3[nH]2)C1. The van der Waals surface area contributed by atoms with Gasteiger partial charge in [0.15, 0.2) is 0 Å². The molecule has 2 N–H and O–H groups in total. The molecule has 2 aromatic rings. The van der Waals surface area contributed by atoms with Gasteiger partial charge in [0.05, 0.1) is 5.92 Å². The summed E-state index contributed by atoms with van der Waals surface area (Å²) in [4.78, 5) is 32.5. The van der Waals surface area contributed by atoms with Gasteiger partial charge in [0.2, 0.25) is 5.91 Å². The van der Waals surface area contributed by atoms with Gasteiger partial charge in [-0.2, -0.15) is 0 Å². The number of benzene rings is 1. The van der Waals surface area contributed by atoms with Gasteiger partial charge < -0.3 is 20.1 Å². The van der Waals surface area contributed by atoms with Gasteiger partial charge in [-0.05, 0) is 64.8 Å². The summed E-state index contributed by atoms with van der Waals surface area (Å²) in [5, 5.41) is 4.06. The van der Waals surface area contributed by atoms with Crippen LogP contribution in [0.3, 0.4) is 0 Å². The van der Waals surface area contributed by atoms with Gasteiger partial charge in [0.25, 0.3) is 5.91 Å². The van der Waals surface area contributed by atoms with Crippen molar-refractivity contribution >= 4 is 22.7 Å². The standard InChI is InChI=1S/C23H34N4O2/c1-3-27(4-2)23(29)19-11-9-15-26(17-19)14-8-7-13-24-22(28)21-16-18-10-5-6-12-20(18)25-21/h5-6,10,12,16,19,25H,3-4,7-9,11,13-15,17H2,1-2H3,(H,24,28). The highest BCUT2D eigenvalue weighted by Crippen LogP contribution is 2.19. The third kappa shape index (κ3) is 5.60. The van der Waals surface area contributed by atoms with Crippen molar-refractivity contribution in [1.82, 2.24) is 20.1 Å². The average molecular weight is 399 g/mol. The first-order valence-electron chi connectivity index (χ1n) is 11.0. The number of nitrogens with zero attached hydrogens (tertiary/aromatic N) is 2. The molecule has 29 heavy (non-hydrogen) atoms. The molecule has 2 heterocycles. The highest BCUT2D eigenvalue weighted by molar-refractivity contribution is 5.97. The molecule has 3 rings (SSSR count). The van der Waals surface area contributed by atoms with E-state index in [-0.39, 0.29) is 11.8 Å². The van der Waals surface area contributed by atoms with Crippen LogP contribution < -0.4 is 5.32 Å². The minimum Gasteiger partial charge on any atom is -0.351 e. The van der Waals surface area contributed by atoms with Crippen LogP contribution in [-0.4, -0.2) is 65.9 Å². The molecule has 6 nitrogen and oxygen atoms in total. The van der Waals surface area contributed by atoms with Crippen molar-refractivity contribution < 1.29 is 9.59 Å². The Morgan fingerprint density at radius 3 is 2.76 bits per heavy atom. The fourth-order valence-corrected chi connectivity index (χ4v) is 4.21. The number of nitrogens with one attached hydrogen (secondary N) is 2. The number of carbonyl (C=O) groups is 2. The predicted octanol–water partition coefficient (Wildman–Crippen LogP) is 3.26. The van der Waals surface area contributed by atoms with Crippen molar-refractivity contribution in [2.45, 2.75) is 39.5 Å². The number of hydrogen-bond acceptors (Lipinski definition) is 3. The molecule has 0 aliphatic carbocycles. The second-order valence-corrected chi connectivity index (χ2v) is 7.88. The molecule has 2 amide bonds. The molecule has 0 radical (unpaired) electrons. The number of piperidine rings is 1. The quantitative estimate of drug-likeness (QED) is 0.637. The Kier molecular flexibility index (Phi) is 7.69. The second kappa shape index (κ2) is 10.4. The van der Waals surface area contributed by atoms with Crippen LogP contribution in [0.1, 0.15) is 50.0 Å². The molecular weight excluding hydrogens is 364 g/mol. The maximum atomic E-state index is 12.6. The molecule has 1 unspecified atom stereocenters. The van der Waals surface area contributed by atoms with E-state index < -0.39 is 0 Å². The second-order valence-electron chi connectivity index (χ2n) is 7.88. The molecule has 0 saturated carbocycles. The first-order valence-corrected chi connectivity index (χ1v) is 11.0. The molecule has 1 aliphatic heterocycles. The minimum absolute atomic E-state index is 0.0518. The van der Waals surface area contributed by atoms with Crippen LogP contribution in [0.15, 0.2) is 30.3 Å². The van der Waals surface area contributed by atoms with E-state index in [1.807, 2.05) is 49.1 Å². The molecule has 1 aliphatic rings. The molecule has 158 valence electrons. The van der Waals surface area contributed by atoms with E-state index in [1.165, 1.54) is 0 Å². The Hall–Kier alpha value is -2.34. The zero-order valence-corrected chi connectivity index (χ0v) is 17.7. The van der Waals surface area contributed by atoms with Crippen molar-refractivity contribution in [3.63, 3.8) is 0 Å². The van der Waals surface area contributed by atoms with Crippen LogP contribution in [-0.2, 0) is 4.79 Å². The lowest BCUT2D eigenvalue weighted by atomic mass is 9.96. The number of fused-ring (bicyclic) bond motifs is 1. The third-order valence-electron chi connectivity index (χ3n) is 5.89. The topological polar surface area (TPSA) is 68.4 Å². The molecule has 1 fully saturated rings. The maximum Gasteiger partial charge on any atom is 0.267 e. The molecule has 1 atom stereocenters. The van der Waals surface area contributed by atoms with Gasteiger partial charge in [-0.1, -0.05) is 18.2 Å². The van der Waals surface area contributed by atoms with E-state index in [0.717, 1.165) is 69.3 Å². The summed E-state index contributed by atoms with van der Waals surface area (Å²) in [6.45, 7) is 9.29. The van der Waals surface area contributed by atoms with Crippen LogP contribution >= 0.6 is 0 Å². The monoisotopic (exact) mass is 398 g/mol. The van der Waals surface area contributed by atoms with Crippen LogP contribution in [0, 0.1) is 5.92 Å². The summed E-state index contributed by atoms with van der Waals surface area (Å²) in [6, 6.07) is 9.80. The first kappa shape index (κ1) is 21.4. The van der Waals surface area contributed by atoms with E-state index in [4.69, 9.17) is 0 Å². The van der Waals surface area contributed by atoms with E-state index in [9.17, 15) is 9.59 Å². The highest BCUT2D eigenvalue weighted by Gasteiger charge is 2.27. The number of likely N-dealkylation sites (tertiary alicyclic amines) is 1. The smallest absolute Gasteiger partial charge is 0.267 e. The Morgan fingerprint density at radius 1 is 1.21 bits per heavy atom. The lowest BCUT2D eigenvalue weighted by molar-refractivity contribution is -0.137. The molecule has 1 aromatic carbocycles. The van der Waals surface area contributed by atoms with Gasteiger partial charge in [0.1, 0.15) is 5.69 Å². The minimum atomic E-state index is -0.0518. The number of unbranched alkanes of at least 4 members (excludes halogenated alkanes) is 1. The number of carbonyl (C=O) groups excluding carboxylic acids is 2. The van der Waals surface area contributed by atoms with E-state index in [0.29, 0.717) is 18.1 Å². The van der Waals surface area contributed by atoms with Crippen molar-refractivity contribution in [2.75, 3.05) is 39.3 Å². The number of para-hydroxylation sites is 1. The van der Waals surface area contributed by atoms with Crippen LogP contribution in [0.2, 0.25) is 0 Å². The number of aromatic amines is 1. The van der Waals surface area contributed by atoms with Crippen molar-refractivity contribution in [3.05, 3.63) is 36.0 Å². The summed E-state index contributed by atoms with van der Waals surface area (Å²) in [5.74, 6) is 0.403. The molecule has 0 bridgehead atoms. The zero-order valence-electron chi connectivity index (χ0n) is 17.7. The van der Waals surface area contributed by atoms with Gasteiger partial charge in [-0.25, -0.2) is 0 Å². The number of rotatable bonds is 9. The summed E-state index contributed by atoms with van der Waals surface area (Å²) in [6.07, 6.45) is 4.07. The maximum absolute atomic E-state index is 12.6. The summed E-state index contributed by atoms with van der Waals surface area (Å²) >= 11 is 0. The van der Waals surface area contributed by atoms with Gasteiger partial charge >= 0.3 is 0 Å². The van der Waals surface area contributed by atoms with E-state index in [1.54, 1.807) is 0 Å². The molecule has 0 spiro atoms. The number of H-pyrrole nitrogens is 1. The number of hydrogen-bond donors (Lipinski definition) is 2. The predicted molar refractivity (Wildman–Crippen MR) is 117 cm³/mol. The van der Waals surface area contributed by atoms with Crippen molar-refractivity contribution in [3.8, 4) is 0 Å². The largest absolute Gasteiger partial charge is 0.351 e. The summed E-state index contributed by atoms with van der Waals surface area (Å²) in [5.41, 5.74) is 1.59. The number of aromatic nitrogens is 1. The normalized spacial score (nSPS) is 17.4. The van der Waals surface area contributed by atoms with Crippen LogP contribution in [0.25, 0.3) is 10.9 Å². The fourth-order valence-electron chi connectivity index (χ4n) is 4.21. The van der Waals surface area contributed by atoms with E-state index >= 15 is 0 Å². The fraction of sp³-hybridized carbons (Fsp3) is 0.565. The Bertz CT molecular complexity index is 779. The molecule has 1 aromatic heterocycles. The lowest BCUT2D eigenvalue weighted by Crippen LogP contribution is -2.45. The summed E-state index contributed by atoms with van der Waals surface area (Å²) < 4.78 is 0. The number of amides is 2.